The zero-order chi connectivity index (χ0) is 18.0. The van der Waals surface area contributed by atoms with Crippen molar-refractivity contribution in [3.05, 3.63) is 48.7 Å². The van der Waals surface area contributed by atoms with Gasteiger partial charge in [-0.3, -0.25) is 4.90 Å². The number of aliphatic hydroxyl groups excluding tert-OH is 1. The monoisotopic (exact) mass is 355 g/mol. The molecule has 138 valence electrons. The summed E-state index contributed by atoms with van der Waals surface area (Å²) < 4.78 is 11.9. The van der Waals surface area contributed by atoms with Gasteiger partial charge in [0.25, 0.3) is 0 Å². The van der Waals surface area contributed by atoms with Crippen molar-refractivity contribution in [3.8, 4) is 11.5 Å². The highest BCUT2D eigenvalue weighted by molar-refractivity contribution is 5.41. The molecule has 2 atom stereocenters. The number of pyridine rings is 1. The molecular formula is C20H25N3O3. The van der Waals surface area contributed by atoms with Crippen molar-refractivity contribution in [3.63, 3.8) is 0 Å². The number of anilines is 1. The quantitative estimate of drug-likeness (QED) is 0.903. The number of fused-ring (bicyclic) bond motifs is 1. The predicted molar refractivity (Wildman–Crippen MR) is 99.9 cm³/mol. The number of aromatic nitrogens is 1. The van der Waals surface area contributed by atoms with E-state index < -0.39 is 11.7 Å². The summed E-state index contributed by atoms with van der Waals surface area (Å²) in [6.45, 7) is 6.42. The average Bonchev–Trinajstić information content (AvgIpc) is 2.69. The van der Waals surface area contributed by atoms with Gasteiger partial charge in [-0.25, -0.2) is 4.98 Å². The summed E-state index contributed by atoms with van der Waals surface area (Å²) in [5, 5.41) is 10.8. The number of hydrogen-bond donors (Lipinski definition) is 1. The normalized spacial score (nSPS) is 24.3. The Morgan fingerprint density at radius 2 is 1.81 bits per heavy atom. The van der Waals surface area contributed by atoms with E-state index in [2.05, 4.69) is 14.8 Å². The molecule has 6 nitrogen and oxygen atoms in total. The fourth-order valence-corrected chi connectivity index (χ4v) is 3.46. The number of aliphatic hydroxyl groups is 1. The fourth-order valence-electron chi connectivity index (χ4n) is 3.46. The van der Waals surface area contributed by atoms with Gasteiger partial charge in [0, 0.05) is 38.9 Å². The van der Waals surface area contributed by atoms with Crippen LogP contribution in [0.1, 0.15) is 6.92 Å². The number of nitrogens with zero attached hydrogens (tertiary/aromatic N) is 3. The third-order valence-electron chi connectivity index (χ3n) is 5.19. The molecule has 0 amide bonds. The Balaban J connectivity index is 1.34. The van der Waals surface area contributed by atoms with Crippen molar-refractivity contribution < 1.29 is 14.6 Å². The lowest BCUT2D eigenvalue weighted by atomic mass is 9.97. The predicted octanol–water partition coefficient (Wildman–Crippen LogP) is 1.79. The second-order valence-electron chi connectivity index (χ2n) is 7.14. The highest BCUT2D eigenvalue weighted by Gasteiger charge is 2.41. The minimum atomic E-state index is -0.744. The first-order valence-corrected chi connectivity index (χ1v) is 9.11. The van der Waals surface area contributed by atoms with E-state index in [0.29, 0.717) is 18.9 Å². The third kappa shape index (κ3) is 3.48. The van der Waals surface area contributed by atoms with Crippen LogP contribution in [0.5, 0.6) is 11.5 Å². The molecule has 2 aromatic rings. The lowest BCUT2D eigenvalue weighted by molar-refractivity contribution is -0.0938. The maximum atomic E-state index is 10.8. The van der Waals surface area contributed by atoms with Gasteiger partial charge in [-0.1, -0.05) is 18.2 Å². The molecule has 2 aliphatic rings. The largest absolute Gasteiger partial charge is 0.485 e. The lowest BCUT2D eigenvalue weighted by Gasteiger charge is -2.42. The molecule has 6 heteroatoms. The average molecular weight is 355 g/mol. The summed E-state index contributed by atoms with van der Waals surface area (Å²) in [5.74, 6) is 2.45. The van der Waals surface area contributed by atoms with E-state index in [1.165, 1.54) is 0 Å². The van der Waals surface area contributed by atoms with Crippen molar-refractivity contribution in [2.45, 2.75) is 18.6 Å². The minimum Gasteiger partial charge on any atom is -0.485 e. The van der Waals surface area contributed by atoms with Crippen molar-refractivity contribution in [2.75, 3.05) is 44.2 Å². The van der Waals surface area contributed by atoms with Gasteiger partial charge in [-0.05, 0) is 31.2 Å². The van der Waals surface area contributed by atoms with E-state index in [1.807, 2.05) is 55.6 Å². The molecule has 0 saturated carbocycles. The summed E-state index contributed by atoms with van der Waals surface area (Å²) >= 11 is 0. The number of benzene rings is 1. The van der Waals surface area contributed by atoms with E-state index in [4.69, 9.17) is 9.47 Å². The SMILES string of the molecule is CC1(C(O)CN2CCN(c3ccccn3)CC2)COc2ccccc2O1. The number of β-amino-alcohol motifs (C(OH)–C–C–N with tert-alkyl or cyclic N) is 1. The van der Waals surface area contributed by atoms with Gasteiger partial charge < -0.3 is 19.5 Å². The first-order valence-electron chi connectivity index (χ1n) is 9.11. The van der Waals surface area contributed by atoms with Crippen LogP contribution in [-0.4, -0.2) is 66.0 Å². The molecular weight excluding hydrogens is 330 g/mol. The molecule has 4 rings (SSSR count). The number of rotatable bonds is 4. The van der Waals surface area contributed by atoms with Crippen LogP contribution in [-0.2, 0) is 0 Å². The number of para-hydroxylation sites is 2. The van der Waals surface area contributed by atoms with Crippen LogP contribution in [0.15, 0.2) is 48.7 Å². The Morgan fingerprint density at radius 3 is 2.54 bits per heavy atom. The van der Waals surface area contributed by atoms with E-state index in [-0.39, 0.29) is 0 Å². The summed E-state index contributed by atoms with van der Waals surface area (Å²) in [6, 6.07) is 13.6. The second-order valence-corrected chi connectivity index (χ2v) is 7.14. The van der Waals surface area contributed by atoms with E-state index in [1.54, 1.807) is 0 Å². The Kier molecular flexibility index (Phi) is 4.70. The van der Waals surface area contributed by atoms with Crippen LogP contribution in [0.3, 0.4) is 0 Å². The van der Waals surface area contributed by atoms with Crippen LogP contribution in [0, 0.1) is 0 Å². The van der Waals surface area contributed by atoms with Gasteiger partial charge in [-0.15, -0.1) is 0 Å². The fraction of sp³-hybridized carbons (Fsp3) is 0.450. The number of ether oxygens (including phenoxy) is 2. The topological polar surface area (TPSA) is 58.1 Å². The molecule has 2 unspecified atom stereocenters. The van der Waals surface area contributed by atoms with Gasteiger partial charge in [0.15, 0.2) is 17.1 Å². The van der Waals surface area contributed by atoms with Crippen LogP contribution < -0.4 is 14.4 Å². The van der Waals surface area contributed by atoms with Crippen molar-refractivity contribution in [2.24, 2.45) is 0 Å². The molecule has 1 saturated heterocycles. The van der Waals surface area contributed by atoms with Gasteiger partial charge >= 0.3 is 0 Å². The Hall–Kier alpha value is -2.31. The van der Waals surface area contributed by atoms with Crippen LogP contribution in [0.25, 0.3) is 0 Å². The Labute approximate surface area is 154 Å². The standard InChI is InChI=1S/C20H25N3O3/c1-20(15-25-16-6-2-3-7-17(16)26-20)18(24)14-22-10-12-23(13-11-22)19-8-4-5-9-21-19/h2-9,18,24H,10-15H2,1H3. The van der Waals surface area contributed by atoms with Gasteiger partial charge in [0.2, 0.25) is 0 Å². The van der Waals surface area contributed by atoms with E-state index in [9.17, 15) is 5.11 Å². The molecule has 26 heavy (non-hydrogen) atoms. The van der Waals surface area contributed by atoms with Crippen molar-refractivity contribution in [1.29, 1.82) is 0 Å². The molecule has 2 aliphatic heterocycles. The zero-order valence-corrected chi connectivity index (χ0v) is 15.0. The molecule has 1 aromatic heterocycles. The van der Waals surface area contributed by atoms with Crippen molar-refractivity contribution in [1.82, 2.24) is 9.88 Å². The Morgan fingerprint density at radius 1 is 1.08 bits per heavy atom. The maximum Gasteiger partial charge on any atom is 0.167 e. The van der Waals surface area contributed by atoms with Gasteiger partial charge in [-0.2, -0.15) is 0 Å². The number of piperazine rings is 1. The summed E-state index contributed by atoms with van der Waals surface area (Å²) in [5.41, 5.74) is -0.744. The highest BCUT2D eigenvalue weighted by Crippen LogP contribution is 2.36. The van der Waals surface area contributed by atoms with E-state index >= 15 is 0 Å². The smallest absolute Gasteiger partial charge is 0.167 e. The molecule has 0 radical (unpaired) electrons. The van der Waals surface area contributed by atoms with Gasteiger partial charge in [0.05, 0.1) is 0 Å². The number of hydrogen-bond acceptors (Lipinski definition) is 6. The molecule has 0 aliphatic carbocycles. The second kappa shape index (κ2) is 7.13. The molecule has 0 spiro atoms. The minimum absolute atomic E-state index is 0.346. The summed E-state index contributed by atoms with van der Waals surface area (Å²) in [4.78, 5) is 8.97. The first-order chi connectivity index (χ1) is 12.6. The van der Waals surface area contributed by atoms with Crippen LogP contribution >= 0.6 is 0 Å². The molecule has 3 heterocycles. The first kappa shape index (κ1) is 17.1. The summed E-state index contributed by atoms with van der Waals surface area (Å²) in [6.07, 6.45) is 1.20. The highest BCUT2D eigenvalue weighted by atomic mass is 16.6. The zero-order valence-electron chi connectivity index (χ0n) is 15.0. The van der Waals surface area contributed by atoms with Crippen molar-refractivity contribution >= 4 is 5.82 Å². The third-order valence-corrected chi connectivity index (χ3v) is 5.19. The Bertz CT molecular complexity index is 734. The molecule has 1 fully saturated rings. The van der Waals surface area contributed by atoms with Crippen LogP contribution in [0.4, 0.5) is 5.82 Å². The van der Waals surface area contributed by atoms with E-state index in [0.717, 1.165) is 37.7 Å². The lowest BCUT2D eigenvalue weighted by Crippen LogP contribution is -2.57. The maximum absolute atomic E-state index is 10.8. The molecule has 1 aromatic carbocycles. The molecule has 0 bridgehead atoms. The van der Waals surface area contributed by atoms with Crippen LogP contribution in [0.2, 0.25) is 0 Å². The summed E-state index contributed by atoms with van der Waals surface area (Å²) in [7, 11) is 0. The van der Waals surface area contributed by atoms with Gasteiger partial charge in [0.1, 0.15) is 18.5 Å². The molecule has 1 N–H and O–H groups in total.